The average molecular weight is 262 g/mol. The smallest absolute Gasteiger partial charge is 0.325 e. The monoisotopic (exact) mass is 262 g/mol. The standard InChI is InChI=1S/C14H18N2O3/c1-9-5-10(2)7-11(6-9)12(17)16-4-3-14(15,8-16)13(18)19/h5-7H,3-4,8,15H2,1-2H3,(H,18,19). The number of nitrogens with zero attached hydrogens (tertiary/aromatic N) is 1. The first kappa shape index (κ1) is 13.5. The summed E-state index contributed by atoms with van der Waals surface area (Å²) >= 11 is 0. The Labute approximate surface area is 112 Å². The lowest BCUT2D eigenvalue weighted by atomic mass is 10.0. The number of nitrogens with two attached hydrogens (primary N) is 1. The molecule has 1 aromatic carbocycles. The summed E-state index contributed by atoms with van der Waals surface area (Å²) in [5.41, 5.74) is 7.08. The summed E-state index contributed by atoms with van der Waals surface area (Å²) in [5.74, 6) is -1.21. The number of hydrogen-bond donors (Lipinski definition) is 2. The highest BCUT2D eigenvalue weighted by Crippen LogP contribution is 2.22. The van der Waals surface area contributed by atoms with E-state index in [1.165, 1.54) is 4.90 Å². The van der Waals surface area contributed by atoms with E-state index in [9.17, 15) is 9.59 Å². The summed E-state index contributed by atoms with van der Waals surface area (Å²) in [6, 6.07) is 5.62. The van der Waals surface area contributed by atoms with Crippen molar-refractivity contribution in [2.75, 3.05) is 13.1 Å². The van der Waals surface area contributed by atoms with E-state index >= 15 is 0 Å². The topological polar surface area (TPSA) is 83.6 Å². The van der Waals surface area contributed by atoms with Crippen molar-refractivity contribution in [3.8, 4) is 0 Å². The number of carbonyl (C=O) groups is 2. The highest BCUT2D eigenvalue weighted by molar-refractivity contribution is 5.95. The van der Waals surface area contributed by atoms with E-state index in [1.807, 2.05) is 32.0 Å². The minimum Gasteiger partial charge on any atom is -0.480 e. The van der Waals surface area contributed by atoms with Crippen LogP contribution < -0.4 is 5.73 Å². The lowest BCUT2D eigenvalue weighted by Gasteiger charge is -2.20. The van der Waals surface area contributed by atoms with Crippen LogP contribution in [0.4, 0.5) is 0 Å². The van der Waals surface area contributed by atoms with Crippen molar-refractivity contribution in [2.45, 2.75) is 25.8 Å². The van der Waals surface area contributed by atoms with Crippen LogP contribution in [0.1, 0.15) is 27.9 Å². The predicted octanol–water partition coefficient (Wildman–Crippen LogP) is 0.931. The van der Waals surface area contributed by atoms with Crippen LogP contribution in [0, 0.1) is 13.8 Å². The number of amides is 1. The van der Waals surface area contributed by atoms with E-state index in [2.05, 4.69) is 0 Å². The SMILES string of the molecule is Cc1cc(C)cc(C(=O)N2CCC(N)(C(=O)O)C2)c1. The van der Waals surface area contributed by atoms with Gasteiger partial charge < -0.3 is 15.7 Å². The molecule has 3 N–H and O–H groups in total. The number of carboxylic acid groups (broad SMARTS) is 1. The lowest BCUT2D eigenvalue weighted by molar-refractivity contribution is -0.142. The third kappa shape index (κ3) is 2.61. The van der Waals surface area contributed by atoms with Crippen molar-refractivity contribution in [1.29, 1.82) is 0 Å². The van der Waals surface area contributed by atoms with E-state index in [0.717, 1.165) is 11.1 Å². The fraction of sp³-hybridized carbons (Fsp3) is 0.429. The quantitative estimate of drug-likeness (QED) is 0.830. The zero-order chi connectivity index (χ0) is 14.2. The molecule has 0 radical (unpaired) electrons. The Bertz CT molecular complexity index is 521. The summed E-state index contributed by atoms with van der Waals surface area (Å²) in [6.07, 6.45) is 0.291. The molecule has 1 aliphatic heterocycles. The van der Waals surface area contributed by atoms with Crippen LogP contribution in [0.2, 0.25) is 0 Å². The van der Waals surface area contributed by atoms with E-state index < -0.39 is 11.5 Å². The normalized spacial score (nSPS) is 22.6. The predicted molar refractivity (Wildman–Crippen MR) is 71.0 cm³/mol. The molecule has 5 heteroatoms. The second-order valence-electron chi connectivity index (χ2n) is 5.31. The highest BCUT2D eigenvalue weighted by atomic mass is 16.4. The number of carbonyl (C=O) groups excluding carboxylic acids is 1. The Morgan fingerprint density at radius 1 is 1.26 bits per heavy atom. The molecule has 1 aliphatic rings. The molecule has 5 nitrogen and oxygen atoms in total. The van der Waals surface area contributed by atoms with Crippen LogP contribution in [0.25, 0.3) is 0 Å². The Balaban J connectivity index is 2.20. The molecule has 1 aromatic rings. The van der Waals surface area contributed by atoms with Gasteiger partial charge >= 0.3 is 5.97 Å². The number of aryl methyl sites for hydroxylation is 2. The molecule has 1 fully saturated rings. The minimum absolute atomic E-state index is 0.0636. The zero-order valence-corrected chi connectivity index (χ0v) is 11.1. The maximum Gasteiger partial charge on any atom is 0.325 e. The van der Waals surface area contributed by atoms with Gasteiger partial charge in [0.15, 0.2) is 0 Å². The molecular weight excluding hydrogens is 244 g/mol. The molecule has 1 saturated heterocycles. The summed E-state index contributed by atoms with van der Waals surface area (Å²) < 4.78 is 0. The third-order valence-corrected chi connectivity index (χ3v) is 3.48. The number of benzene rings is 1. The van der Waals surface area contributed by atoms with Crippen molar-refractivity contribution < 1.29 is 14.7 Å². The Morgan fingerprint density at radius 3 is 2.32 bits per heavy atom. The van der Waals surface area contributed by atoms with Gasteiger partial charge in [0, 0.05) is 18.7 Å². The average Bonchev–Trinajstić information content (AvgIpc) is 2.71. The number of hydrogen-bond acceptors (Lipinski definition) is 3. The molecule has 19 heavy (non-hydrogen) atoms. The van der Waals surface area contributed by atoms with E-state index in [-0.39, 0.29) is 12.5 Å². The molecule has 1 amide bonds. The molecule has 1 atom stereocenters. The van der Waals surface area contributed by atoms with E-state index in [1.54, 1.807) is 0 Å². The fourth-order valence-electron chi connectivity index (χ4n) is 2.46. The first-order chi connectivity index (χ1) is 8.82. The maximum atomic E-state index is 12.3. The molecule has 0 saturated carbocycles. The van der Waals surface area contributed by atoms with Crippen molar-refractivity contribution in [3.63, 3.8) is 0 Å². The summed E-state index contributed by atoms with van der Waals surface area (Å²) in [7, 11) is 0. The van der Waals surface area contributed by atoms with Crippen LogP contribution in [0.3, 0.4) is 0 Å². The largest absolute Gasteiger partial charge is 0.480 e. The van der Waals surface area contributed by atoms with Gasteiger partial charge in [0.2, 0.25) is 0 Å². The van der Waals surface area contributed by atoms with Gasteiger partial charge in [0.1, 0.15) is 5.54 Å². The molecule has 0 aromatic heterocycles. The van der Waals surface area contributed by atoms with Gasteiger partial charge in [0.05, 0.1) is 0 Å². The summed E-state index contributed by atoms with van der Waals surface area (Å²) in [6.45, 7) is 4.30. The van der Waals surface area contributed by atoms with Gasteiger partial charge in [-0.3, -0.25) is 9.59 Å². The molecule has 1 unspecified atom stereocenters. The molecule has 0 aliphatic carbocycles. The first-order valence-corrected chi connectivity index (χ1v) is 6.22. The Hall–Kier alpha value is -1.88. The summed E-state index contributed by atoms with van der Waals surface area (Å²) in [5, 5.41) is 9.07. The van der Waals surface area contributed by atoms with Crippen LogP contribution in [0.15, 0.2) is 18.2 Å². The first-order valence-electron chi connectivity index (χ1n) is 6.22. The Kier molecular flexibility index (Phi) is 3.32. The van der Waals surface area contributed by atoms with Crippen LogP contribution in [-0.2, 0) is 4.79 Å². The van der Waals surface area contributed by atoms with Crippen molar-refractivity contribution >= 4 is 11.9 Å². The van der Waals surface area contributed by atoms with Gasteiger partial charge in [-0.1, -0.05) is 17.2 Å². The Morgan fingerprint density at radius 2 is 1.84 bits per heavy atom. The highest BCUT2D eigenvalue weighted by Gasteiger charge is 2.43. The third-order valence-electron chi connectivity index (χ3n) is 3.48. The van der Waals surface area contributed by atoms with E-state index in [0.29, 0.717) is 18.5 Å². The molecule has 0 spiro atoms. The van der Waals surface area contributed by atoms with Crippen LogP contribution in [0.5, 0.6) is 0 Å². The van der Waals surface area contributed by atoms with Crippen molar-refractivity contribution in [3.05, 3.63) is 34.9 Å². The lowest BCUT2D eigenvalue weighted by Crippen LogP contribution is -2.50. The van der Waals surface area contributed by atoms with Gasteiger partial charge in [-0.25, -0.2) is 0 Å². The number of aliphatic carboxylic acids is 1. The molecule has 2 rings (SSSR count). The fourth-order valence-corrected chi connectivity index (χ4v) is 2.46. The molecule has 0 bridgehead atoms. The molecule has 1 heterocycles. The van der Waals surface area contributed by atoms with Crippen LogP contribution in [-0.4, -0.2) is 40.5 Å². The molecule has 102 valence electrons. The van der Waals surface area contributed by atoms with Gasteiger partial charge in [-0.05, 0) is 32.4 Å². The minimum atomic E-state index is -1.31. The zero-order valence-electron chi connectivity index (χ0n) is 11.1. The van der Waals surface area contributed by atoms with Gasteiger partial charge in [0.25, 0.3) is 5.91 Å². The maximum absolute atomic E-state index is 12.3. The number of carboxylic acids is 1. The van der Waals surface area contributed by atoms with Crippen molar-refractivity contribution in [2.24, 2.45) is 5.73 Å². The van der Waals surface area contributed by atoms with Gasteiger partial charge in [-0.15, -0.1) is 0 Å². The van der Waals surface area contributed by atoms with Crippen molar-refractivity contribution in [1.82, 2.24) is 4.90 Å². The summed E-state index contributed by atoms with van der Waals surface area (Å²) in [4.78, 5) is 24.9. The van der Waals surface area contributed by atoms with E-state index in [4.69, 9.17) is 10.8 Å². The van der Waals surface area contributed by atoms with Crippen LogP contribution >= 0.6 is 0 Å². The molecular formula is C14H18N2O3. The van der Waals surface area contributed by atoms with Gasteiger partial charge in [-0.2, -0.15) is 0 Å². The second kappa shape index (κ2) is 4.66. The number of rotatable bonds is 2. The number of likely N-dealkylation sites (tertiary alicyclic amines) is 1. The second-order valence-corrected chi connectivity index (χ2v) is 5.31.